The van der Waals surface area contributed by atoms with Crippen LogP contribution >= 0.6 is 0 Å². The molecule has 0 bridgehead atoms. The van der Waals surface area contributed by atoms with Crippen molar-refractivity contribution in [3.8, 4) is 6.07 Å². The minimum atomic E-state index is -0.395. The van der Waals surface area contributed by atoms with Crippen molar-refractivity contribution in [3.05, 3.63) is 64.5 Å². The fourth-order valence-corrected chi connectivity index (χ4v) is 1.94. The summed E-state index contributed by atoms with van der Waals surface area (Å²) < 4.78 is 13.0. The van der Waals surface area contributed by atoms with Crippen molar-refractivity contribution in [3.63, 3.8) is 0 Å². The Bertz CT molecular complexity index is 642. The smallest absolute Gasteiger partial charge is 0.124 e. The van der Waals surface area contributed by atoms with Crippen molar-refractivity contribution < 1.29 is 4.39 Å². The maximum absolute atomic E-state index is 13.0. The molecule has 0 radical (unpaired) electrons. The Kier molecular flexibility index (Phi) is 3.82. The van der Waals surface area contributed by atoms with Crippen LogP contribution in [0.15, 0.2) is 36.4 Å². The monoisotopic (exact) mass is 254 g/mol. The van der Waals surface area contributed by atoms with Gasteiger partial charge in [-0.3, -0.25) is 0 Å². The third-order valence-corrected chi connectivity index (χ3v) is 3.08. The Labute approximate surface area is 112 Å². The highest BCUT2D eigenvalue weighted by Gasteiger charge is 2.04. The summed E-state index contributed by atoms with van der Waals surface area (Å²) in [4.78, 5) is 0. The van der Waals surface area contributed by atoms with E-state index < -0.39 is 5.82 Å². The number of nitrogens with zero attached hydrogens (tertiary/aromatic N) is 1. The zero-order valence-corrected chi connectivity index (χ0v) is 11.0. The van der Waals surface area contributed by atoms with Crippen LogP contribution in [-0.4, -0.2) is 0 Å². The van der Waals surface area contributed by atoms with Crippen LogP contribution in [0.25, 0.3) is 0 Å². The SMILES string of the molecule is Cc1ccc(C)c(CNc2ccc(F)cc2C#N)c1. The van der Waals surface area contributed by atoms with Gasteiger partial charge in [-0.1, -0.05) is 23.8 Å². The third-order valence-electron chi connectivity index (χ3n) is 3.08. The highest BCUT2D eigenvalue weighted by molar-refractivity contribution is 5.57. The average Bonchev–Trinajstić information content (AvgIpc) is 2.40. The molecule has 2 aromatic carbocycles. The van der Waals surface area contributed by atoms with Crippen molar-refractivity contribution in [2.75, 3.05) is 5.32 Å². The van der Waals surface area contributed by atoms with E-state index in [0.29, 0.717) is 17.8 Å². The second-order valence-corrected chi connectivity index (χ2v) is 4.59. The minimum Gasteiger partial charge on any atom is -0.380 e. The van der Waals surface area contributed by atoms with Gasteiger partial charge in [0.2, 0.25) is 0 Å². The van der Waals surface area contributed by atoms with E-state index in [4.69, 9.17) is 5.26 Å². The summed E-state index contributed by atoms with van der Waals surface area (Å²) in [5, 5.41) is 12.2. The van der Waals surface area contributed by atoms with Crippen LogP contribution < -0.4 is 5.32 Å². The molecule has 0 aliphatic rings. The molecule has 96 valence electrons. The van der Waals surface area contributed by atoms with E-state index in [2.05, 4.69) is 23.5 Å². The lowest BCUT2D eigenvalue weighted by Gasteiger charge is -2.11. The minimum absolute atomic E-state index is 0.324. The molecule has 0 aliphatic carbocycles. The van der Waals surface area contributed by atoms with Crippen LogP contribution in [0.4, 0.5) is 10.1 Å². The summed E-state index contributed by atoms with van der Waals surface area (Å²) in [6.07, 6.45) is 0. The maximum atomic E-state index is 13.0. The van der Waals surface area contributed by atoms with Gasteiger partial charge in [0.1, 0.15) is 11.9 Å². The first-order valence-electron chi connectivity index (χ1n) is 6.10. The van der Waals surface area contributed by atoms with Gasteiger partial charge in [0.05, 0.1) is 11.3 Å². The molecule has 0 aliphatic heterocycles. The number of nitriles is 1. The van der Waals surface area contributed by atoms with Crippen LogP contribution in [-0.2, 0) is 6.54 Å². The van der Waals surface area contributed by atoms with Crippen LogP contribution in [0.3, 0.4) is 0 Å². The van der Waals surface area contributed by atoms with Gasteiger partial charge in [-0.05, 0) is 43.2 Å². The fraction of sp³-hybridized carbons (Fsp3) is 0.188. The molecule has 3 heteroatoms. The lowest BCUT2D eigenvalue weighted by atomic mass is 10.1. The molecule has 0 amide bonds. The number of rotatable bonds is 3. The summed E-state index contributed by atoms with van der Waals surface area (Å²) >= 11 is 0. The van der Waals surface area contributed by atoms with E-state index in [9.17, 15) is 4.39 Å². The third kappa shape index (κ3) is 3.11. The van der Waals surface area contributed by atoms with Gasteiger partial charge >= 0.3 is 0 Å². The Hall–Kier alpha value is -2.34. The molecular weight excluding hydrogens is 239 g/mol. The first-order chi connectivity index (χ1) is 9.10. The highest BCUT2D eigenvalue weighted by atomic mass is 19.1. The van der Waals surface area contributed by atoms with Crippen LogP contribution in [0.2, 0.25) is 0 Å². The second-order valence-electron chi connectivity index (χ2n) is 4.59. The molecule has 2 aromatic rings. The predicted octanol–water partition coefficient (Wildman–Crippen LogP) is 3.93. The quantitative estimate of drug-likeness (QED) is 0.900. The van der Waals surface area contributed by atoms with Crippen molar-refractivity contribution >= 4 is 5.69 Å². The van der Waals surface area contributed by atoms with Crippen molar-refractivity contribution in [2.24, 2.45) is 0 Å². The highest BCUT2D eigenvalue weighted by Crippen LogP contribution is 2.18. The van der Waals surface area contributed by atoms with Gasteiger partial charge in [-0.2, -0.15) is 5.26 Å². The number of halogens is 1. The van der Waals surface area contributed by atoms with Crippen molar-refractivity contribution in [1.82, 2.24) is 0 Å². The van der Waals surface area contributed by atoms with Crippen molar-refractivity contribution in [2.45, 2.75) is 20.4 Å². The summed E-state index contributed by atoms with van der Waals surface area (Å²) in [5.41, 5.74) is 4.55. The number of benzene rings is 2. The Balaban J connectivity index is 2.19. The van der Waals surface area contributed by atoms with Gasteiger partial charge in [-0.25, -0.2) is 4.39 Å². The molecular formula is C16H15FN2. The molecule has 0 saturated carbocycles. The Morgan fingerprint density at radius 1 is 1.16 bits per heavy atom. The number of hydrogen-bond donors (Lipinski definition) is 1. The molecule has 0 fully saturated rings. The van der Waals surface area contributed by atoms with Gasteiger partial charge in [0.25, 0.3) is 0 Å². The molecule has 2 nitrogen and oxygen atoms in total. The van der Waals surface area contributed by atoms with Gasteiger partial charge in [-0.15, -0.1) is 0 Å². The lowest BCUT2D eigenvalue weighted by molar-refractivity contribution is 0.627. The first kappa shape index (κ1) is 13.1. The summed E-state index contributed by atoms with van der Waals surface area (Å²) in [7, 11) is 0. The Morgan fingerprint density at radius 2 is 1.95 bits per heavy atom. The molecule has 0 aromatic heterocycles. The van der Waals surface area contributed by atoms with Crippen molar-refractivity contribution in [1.29, 1.82) is 5.26 Å². The van der Waals surface area contributed by atoms with E-state index in [0.717, 1.165) is 0 Å². The summed E-state index contributed by atoms with van der Waals surface area (Å²) in [6.45, 7) is 4.71. The van der Waals surface area contributed by atoms with Crippen LogP contribution in [0, 0.1) is 31.0 Å². The molecule has 0 saturated heterocycles. The van der Waals surface area contributed by atoms with Gasteiger partial charge < -0.3 is 5.32 Å². The van der Waals surface area contributed by atoms with Crippen LogP contribution in [0.1, 0.15) is 22.3 Å². The zero-order chi connectivity index (χ0) is 13.8. The molecule has 0 unspecified atom stereocenters. The fourth-order valence-electron chi connectivity index (χ4n) is 1.94. The molecule has 1 N–H and O–H groups in total. The predicted molar refractivity (Wildman–Crippen MR) is 74.4 cm³/mol. The molecule has 0 heterocycles. The zero-order valence-electron chi connectivity index (χ0n) is 11.0. The number of hydrogen-bond acceptors (Lipinski definition) is 2. The van der Waals surface area contributed by atoms with E-state index in [-0.39, 0.29) is 0 Å². The normalized spacial score (nSPS) is 10.0. The van der Waals surface area contributed by atoms with E-state index in [1.807, 2.05) is 19.9 Å². The topological polar surface area (TPSA) is 35.8 Å². The summed E-state index contributed by atoms with van der Waals surface area (Å²) in [5.74, 6) is -0.395. The van der Waals surface area contributed by atoms with Crippen LogP contribution in [0.5, 0.6) is 0 Å². The number of nitrogens with one attached hydrogen (secondary N) is 1. The lowest BCUT2D eigenvalue weighted by Crippen LogP contribution is -2.03. The Morgan fingerprint density at radius 3 is 2.68 bits per heavy atom. The van der Waals surface area contributed by atoms with E-state index in [1.165, 1.54) is 28.8 Å². The largest absolute Gasteiger partial charge is 0.380 e. The second kappa shape index (κ2) is 5.53. The maximum Gasteiger partial charge on any atom is 0.124 e. The molecule has 2 rings (SSSR count). The standard InChI is InChI=1S/C16H15FN2/c1-11-3-4-12(2)14(7-11)10-19-16-6-5-15(17)8-13(16)9-18/h3-8,19H,10H2,1-2H3. The molecule has 0 spiro atoms. The molecule has 19 heavy (non-hydrogen) atoms. The van der Waals surface area contributed by atoms with E-state index >= 15 is 0 Å². The molecule has 0 atom stereocenters. The number of aryl methyl sites for hydroxylation is 2. The van der Waals surface area contributed by atoms with Gasteiger partial charge in [0, 0.05) is 6.54 Å². The van der Waals surface area contributed by atoms with Gasteiger partial charge in [0.15, 0.2) is 0 Å². The average molecular weight is 254 g/mol. The first-order valence-corrected chi connectivity index (χ1v) is 6.10. The number of anilines is 1. The van der Waals surface area contributed by atoms with E-state index in [1.54, 1.807) is 6.07 Å². The summed E-state index contributed by atoms with van der Waals surface area (Å²) in [6, 6.07) is 12.4.